The topological polar surface area (TPSA) is 39.5 Å². The second kappa shape index (κ2) is 7.44. The summed E-state index contributed by atoms with van der Waals surface area (Å²) >= 11 is 0. The first-order chi connectivity index (χ1) is 10.2. The van der Waals surface area contributed by atoms with Crippen LogP contribution in [0.1, 0.15) is 30.9 Å². The molecular weight excluding hydrogens is 262 g/mol. The number of likely N-dealkylation sites (N-methyl/N-ethyl adjacent to an activating group) is 2. The standard InChI is InChI=1S/C17H25N3O/c1-4-20-9-5-6-16(20)13-19(2)12-15-10-14(11-18)7-8-17(15)21-3/h7-8,10,16H,4-6,9,12-13H2,1-3H3. The van der Waals surface area contributed by atoms with Crippen molar-refractivity contribution < 1.29 is 4.74 Å². The monoisotopic (exact) mass is 287 g/mol. The van der Waals surface area contributed by atoms with Gasteiger partial charge in [0.15, 0.2) is 0 Å². The van der Waals surface area contributed by atoms with E-state index in [1.807, 2.05) is 12.1 Å². The van der Waals surface area contributed by atoms with Crippen molar-refractivity contribution in [2.75, 3.05) is 33.8 Å². The Morgan fingerprint density at radius 2 is 2.29 bits per heavy atom. The van der Waals surface area contributed by atoms with Crippen molar-refractivity contribution in [2.45, 2.75) is 32.4 Å². The Balaban J connectivity index is 2.02. The molecule has 0 aliphatic carbocycles. The SMILES string of the molecule is CCN1CCCC1CN(C)Cc1cc(C#N)ccc1OC. The molecule has 4 heteroatoms. The summed E-state index contributed by atoms with van der Waals surface area (Å²) in [7, 11) is 3.82. The predicted molar refractivity (Wildman–Crippen MR) is 84.3 cm³/mol. The van der Waals surface area contributed by atoms with Crippen molar-refractivity contribution >= 4 is 0 Å². The molecule has 0 bridgehead atoms. The van der Waals surface area contributed by atoms with Crippen LogP contribution in [-0.2, 0) is 6.54 Å². The highest BCUT2D eigenvalue weighted by Gasteiger charge is 2.24. The van der Waals surface area contributed by atoms with Crippen LogP contribution in [-0.4, -0.2) is 49.6 Å². The Morgan fingerprint density at radius 1 is 1.48 bits per heavy atom. The van der Waals surface area contributed by atoms with E-state index in [-0.39, 0.29) is 0 Å². The molecule has 1 aliphatic rings. The molecule has 2 rings (SSSR count). The first-order valence-corrected chi connectivity index (χ1v) is 7.67. The normalized spacial score (nSPS) is 18.9. The van der Waals surface area contributed by atoms with E-state index in [2.05, 4.69) is 29.8 Å². The van der Waals surface area contributed by atoms with Gasteiger partial charge in [0.1, 0.15) is 5.75 Å². The molecule has 1 atom stereocenters. The van der Waals surface area contributed by atoms with E-state index in [9.17, 15) is 0 Å². The summed E-state index contributed by atoms with van der Waals surface area (Å²) in [5, 5.41) is 9.05. The van der Waals surface area contributed by atoms with Crippen LogP contribution in [0.2, 0.25) is 0 Å². The molecule has 4 nitrogen and oxygen atoms in total. The van der Waals surface area contributed by atoms with Gasteiger partial charge in [-0.05, 0) is 51.2 Å². The van der Waals surface area contributed by atoms with E-state index < -0.39 is 0 Å². The molecule has 0 aromatic heterocycles. The Morgan fingerprint density at radius 3 is 2.95 bits per heavy atom. The molecule has 1 unspecified atom stereocenters. The molecule has 114 valence electrons. The lowest BCUT2D eigenvalue weighted by Crippen LogP contribution is -2.38. The zero-order valence-corrected chi connectivity index (χ0v) is 13.3. The van der Waals surface area contributed by atoms with Gasteiger partial charge in [-0.25, -0.2) is 0 Å². The molecule has 1 aromatic rings. The van der Waals surface area contributed by atoms with Crippen molar-refractivity contribution in [1.29, 1.82) is 5.26 Å². The Labute approximate surface area is 127 Å². The maximum atomic E-state index is 9.05. The average molecular weight is 287 g/mol. The molecule has 0 spiro atoms. The number of nitrogens with zero attached hydrogens (tertiary/aromatic N) is 3. The molecule has 1 heterocycles. The number of hydrogen-bond donors (Lipinski definition) is 0. The third kappa shape index (κ3) is 3.96. The van der Waals surface area contributed by atoms with Gasteiger partial charge >= 0.3 is 0 Å². The summed E-state index contributed by atoms with van der Waals surface area (Å²) in [6, 6.07) is 8.48. The van der Waals surface area contributed by atoms with Crippen LogP contribution in [0.25, 0.3) is 0 Å². The van der Waals surface area contributed by atoms with Gasteiger partial charge < -0.3 is 9.64 Å². The van der Waals surface area contributed by atoms with Crippen LogP contribution in [0.15, 0.2) is 18.2 Å². The molecule has 1 aliphatic heterocycles. The highest BCUT2D eigenvalue weighted by atomic mass is 16.5. The summed E-state index contributed by atoms with van der Waals surface area (Å²) in [6.45, 7) is 6.46. The lowest BCUT2D eigenvalue weighted by molar-refractivity contribution is 0.193. The third-order valence-electron chi connectivity index (χ3n) is 4.28. The fourth-order valence-electron chi connectivity index (χ4n) is 3.21. The number of nitriles is 1. The zero-order valence-electron chi connectivity index (χ0n) is 13.3. The minimum atomic E-state index is 0.658. The quantitative estimate of drug-likeness (QED) is 0.806. The first-order valence-electron chi connectivity index (χ1n) is 7.67. The number of benzene rings is 1. The maximum Gasteiger partial charge on any atom is 0.123 e. The number of hydrogen-bond acceptors (Lipinski definition) is 4. The minimum Gasteiger partial charge on any atom is -0.496 e. The second-order valence-corrected chi connectivity index (χ2v) is 5.76. The van der Waals surface area contributed by atoms with Crippen molar-refractivity contribution in [1.82, 2.24) is 9.80 Å². The Kier molecular flexibility index (Phi) is 5.60. The van der Waals surface area contributed by atoms with Crippen LogP contribution in [0.3, 0.4) is 0 Å². The van der Waals surface area contributed by atoms with Crippen LogP contribution in [0.5, 0.6) is 5.75 Å². The van der Waals surface area contributed by atoms with Crippen LogP contribution < -0.4 is 4.74 Å². The Hall–Kier alpha value is -1.57. The molecular formula is C17H25N3O. The first kappa shape index (κ1) is 15.8. The van der Waals surface area contributed by atoms with E-state index in [4.69, 9.17) is 10.00 Å². The van der Waals surface area contributed by atoms with Gasteiger partial charge in [-0.2, -0.15) is 5.26 Å². The van der Waals surface area contributed by atoms with E-state index in [1.165, 1.54) is 19.4 Å². The summed E-state index contributed by atoms with van der Waals surface area (Å²) in [5.74, 6) is 0.861. The molecule has 0 radical (unpaired) electrons. The zero-order chi connectivity index (χ0) is 15.2. The fourth-order valence-corrected chi connectivity index (χ4v) is 3.21. The van der Waals surface area contributed by atoms with Gasteiger partial charge in [0.05, 0.1) is 18.7 Å². The van der Waals surface area contributed by atoms with E-state index in [1.54, 1.807) is 13.2 Å². The van der Waals surface area contributed by atoms with Gasteiger partial charge in [0, 0.05) is 24.7 Å². The van der Waals surface area contributed by atoms with E-state index in [0.717, 1.165) is 30.9 Å². The second-order valence-electron chi connectivity index (χ2n) is 5.76. The van der Waals surface area contributed by atoms with E-state index >= 15 is 0 Å². The Bertz CT molecular complexity index is 509. The van der Waals surface area contributed by atoms with Gasteiger partial charge in [-0.1, -0.05) is 6.92 Å². The highest BCUT2D eigenvalue weighted by molar-refractivity contribution is 5.42. The number of ether oxygens (including phenoxy) is 1. The average Bonchev–Trinajstić information content (AvgIpc) is 2.94. The molecule has 0 saturated carbocycles. The summed E-state index contributed by atoms with van der Waals surface area (Å²) in [4.78, 5) is 4.89. The highest BCUT2D eigenvalue weighted by Crippen LogP contribution is 2.23. The van der Waals surface area contributed by atoms with Crippen molar-refractivity contribution in [3.8, 4) is 11.8 Å². The summed E-state index contributed by atoms with van der Waals surface area (Å²) in [6.07, 6.45) is 2.59. The molecule has 1 fully saturated rings. The van der Waals surface area contributed by atoms with Crippen molar-refractivity contribution in [2.24, 2.45) is 0 Å². The number of methoxy groups -OCH3 is 1. The van der Waals surface area contributed by atoms with Crippen LogP contribution >= 0.6 is 0 Å². The molecule has 0 amide bonds. The molecule has 21 heavy (non-hydrogen) atoms. The molecule has 1 saturated heterocycles. The van der Waals surface area contributed by atoms with E-state index in [0.29, 0.717) is 11.6 Å². The van der Waals surface area contributed by atoms with Crippen LogP contribution in [0, 0.1) is 11.3 Å². The summed E-state index contributed by atoms with van der Waals surface area (Å²) < 4.78 is 5.41. The minimum absolute atomic E-state index is 0.658. The van der Waals surface area contributed by atoms with Gasteiger partial charge in [-0.3, -0.25) is 4.90 Å². The number of likely N-dealkylation sites (tertiary alicyclic amines) is 1. The maximum absolute atomic E-state index is 9.05. The van der Waals surface area contributed by atoms with Gasteiger partial charge in [0.2, 0.25) is 0 Å². The lowest BCUT2D eigenvalue weighted by Gasteiger charge is -2.28. The molecule has 1 aromatic carbocycles. The predicted octanol–water partition coefficient (Wildman–Crippen LogP) is 2.48. The van der Waals surface area contributed by atoms with Crippen LogP contribution in [0.4, 0.5) is 0 Å². The number of rotatable bonds is 6. The lowest BCUT2D eigenvalue weighted by atomic mass is 10.1. The van der Waals surface area contributed by atoms with Crippen molar-refractivity contribution in [3.05, 3.63) is 29.3 Å². The van der Waals surface area contributed by atoms with Gasteiger partial charge in [0.25, 0.3) is 0 Å². The molecule has 0 N–H and O–H groups in total. The van der Waals surface area contributed by atoms with Crippen molar-refractivity contribution in [3.63, 3.8) is 0 Å². The third-order valence-corrected chi connectivity index (χ3v) is 4.28. The smallest absolute Gasteiger partial charge is 0.123 e. The fraction of sp³-hybridized carbons (Fsp3) is 0.588. The summed E-state index contributed by atoms with van der Waals surface area (Å²) in [5.41, 5.74) is 1.77. The largest absolute Gasteiger partial charge is 0.496 e. The van der Waals surface area contributed by atoms with Gasteiger partial charge in [-0.15, -0.1) is 0 Å².